The third-order valence-electron chi connectivity index (χ3n) is 4.71. The molecular weight excluding hydrogens is 262 g/mol. The predicted molar refractivity (Wildman–Crippen MR) is 83.4 cm³/mol. The van der Waals surface area contributed by atoms with Gasteiger partial charge >= 0.3 is 0 Å². The zero-order valence-corrected chi connectivity index (χ0v) is 12.2. The lowest BCUT2D eigenvalue weighted by Gasteiger charge is -2.33. The number of hydrogen-bond acceptors (Lipinski definition) is 4. The van der Waals surface area contributed by atoms with Crippen LogP contribution in [0.15, 0.2) is 24.4 Å². The molecule has 0 aromatic carbocycles. The molecular formula is C16H21N5. The molecule has 0 radical (unpaired) electrons. The van der Waals surface area contributed by atoms with Crippen molar-refractivity contribution < 1.29 is 0 Å². The average Bonchev–Trinajstić information content (AvgIpc) is 3.15. The molecule has 1 aliphatic carbocycles. The van der Waals surface area contributed by atoms with E-state index in [4.69, 9.17) is 10.7 Å². The fourth-order valence-electron chi connectivity index (χ4n) is 3.50. The summed E-state index contributed by atoms with van der Waals surface area (Å²) < 4.78 is 2.02. The molecule has 1 saturated heterocycles. The van der Waals surface area contributed by atoms with Crippen LogP contribution in [0.3, 0.4) is 0 Å². The van der Waals surface area contributed by atoms with Crippen LogP contribution in [0.5, 0.6) is 0 Å². The third-order valence-corrected chi connectivity index (χ3v) is 4.71. The van der Waals surface area contributed by atoms with Crippen LogP contribution >= 0.6 is 0 Å². The summed E-state index contributed by atoms with van der Waals surface area (Å²) in [6.07, 6.45) is 7.79. The lowest BCUT2D eigenvalue weighted by atomic mass is 10.1. The van der Waals surface area contributed by atoms with E-state index in [1.54, 1.807) is 0 Å². The van der Waals surface area contributed by atoms with E-state index in [1.807, 2.05) is 16.9 Å². The molecule has 2 aliphatic rings. The number of rotatable bonds is 2. The smallest absolute Gasteiger partial charge is 0.145 e. The van der Waals surface area contributed by atoms with Gasteiger partial charge in [-0.25, -0.2) is 4.98 Å². The molecule has 21 heavy (non-hydrogen) atoms. The highest BCUT2D eigenvalue weighted by Gasteiger charge is 2.23. The molecule has 5 heteroatoms. The lowest BCUT2D eigenvalue weighted by Crippen LogP contribution is -2.35. The summed E-state index contributed by atoms with van der Waals surface area (Å²) in [6.45, 7) is 2.08. The lowest BCUT2D eigenvalue weighted by molar-refractivity contribution is 0.366. The van der Waals surface area contributed by atoms with Crippen LogP contribution in [-0.2, 0) is 12.8 Å². The summed E-state index contributed by atoms with van der Waals surface area (Å²) in [5.41, 5.74) is 8.46. The summed E-state index contributed by atoms with van der Waals surface area (Å²) in [5.74, 6) is 1.76. The van der Waals surface area contributed by atoms with Crippen LogP contribution in [-0.4, -0.2) is 27.9 Å². The van der Waals surface area contributed by atoms with Crippen LogP contribution in [0.1, 0.15) is 36.6 Å². The van der Waals surface area contributed by atoms with Gasteiger partial charge in [0.05, 0.1) is 6.04 Å². The van der Waals surface area contributed by atoms with Gasteiger partial charge in [-0.15, -0.1) is 0 Å². The fourth-order valence-corrected chi connectivity index (χ4v) is 3.50. The first-order chi connectivity index (χ1) is 10.3. The summed E-state index contributed by atoms with van der Waals surface area (Å²) in [7, 11) is 0. The van der Waals surface area contributed by atoms with Gasteiger partial charge in [-0.2, -0.15) is 5.10 Å². The zero-order chi connectivity index (χ0) is 14.2. The van der Waals surface area contributed by atoms with Gasteiger partial charge < -0.3 is 10.6 Å². The Bertz CT molecular complexity index is 640. The minimum absolute atomic E-state index is 0.466. The first-order valence-electron chi connectivity index (χ1n) is 7.84. The second kappa shape index (κ2) is 5.06. The Balaban J connectivity index is 1.45. The molecule has 2 N–H and O–H groups in total. The maximum absolute atomic E-state index is 5.70. The van der Waals surface area contributed by atoms with Crippen molar-refractivity contribution in [3.63, 3.8) is 0 Å². The summed E-state index contributed by atoms with van der Waals surface area (Å²) in [4.78, 5) is 7.27. The van der Waals surface area contributed by atoms with Gasteiger partial charge in [0, 0.05) is 25.0 Å². The van der Waals surface area contributed by atoms with E-state index in [2.05, 4.69) is 22.1 Å². The van der Waals surface area contributed by atoms with Gasteiger partial charge in [0.1, 0.15) is 11.6 Å². The normalized spacial score (nSPS) is 19.0. The Kier molecular flexibility index (Phi) is 3.05. The highest BCUT2D eigenvalue weighted by atomic mass is 15.3. The molecule has 110 valence electrons. The molecule has 2 aromatic rings. The van der Waals surface area contributed by atoms with Gasteiger partial charge in [-0.05, 0) is 49.8 Å². The van der Waals surface area contributed by atoms with Crippen LogP contribution in [0.4, 0.5) is 11.6 Å². The number of hydrogen-bond donors (Lipinski definition) is 1. The van der Waals surface area contributed by atoms with Gasteiger partial charge in [-0.1, -0.05) is 6.07 Å². The summed E-state index contributed by atoms with van der Waals surface area (Å²) in [5, 5.41) is 4.34. The third kappa shape index (κ3) is 2.37. The number of aryl methyl sites for hydroxylation is 2. The van der Waals surface area contributed by atoms with E-state index < -0.39 is 0 Å². The van der Waals surface area contributed by atoms with Crippen LogP contribution in [0.25, 0.3) is 0 Å². The summed E-state index contributed by atoms with van der Waals surface area (Å²) >= 11 is 0. The van der Waals surface area contributed by atoms with Crippen LogP contribution in [0, 0.1) is 0 Å². The number of pyridine rings is 1. The van der Waals surface area contributed by atoms with Crippen molar-refractivity contribution in [2.24, 2.45) is 0 Å². The monoisotopic (exact) mass is 283 g/mol. The Morgan fingerprint density at radius 1 is 1.10 bits per heavy atom. The van der Waals surface area contributed by atoms with E-state index >= 15 is 0 Å². The Hall–Kier alpha value is -2.04. The van der Waals surface area contributed by atoms with Crippen molar-refractivity contribution in [1.82, 2.24) is 14.8 Å². The second-order valence-corrected chi connectivity index (χ2v) is 6.07. The molecule has 0 amide bonds. The van der Waals surface area contributed by atoms with Gasteiger partial charge in [0.25, 0.3) is 0 Å². The highest BCUT2D eigenvalue weighted by molar-refractivity contribution is 5.43. The molecule has 1 fully saturated rings. The van der Waals surface area contributed by atoms with Crippen molar-refractivity contribution in [2.45, 2.75) is 38.1 Å². The minimum atomic E-state index is 0.466. The number of piperidine rings is 1. The van der Waals surface area contributed by atoms with E-state index in [0.29, 0.717) is 11.9 Å². The largest absolute Gasteiger partial charge is 0.382 e. The van der Waals surface area contributed by atoms with Gasteiger partial charge in [0.2, 0.25) is 0 Å². The number of anilines is 2. The van der Waals surface area contributed by atoms with Crippen LogP contribution in [0.2, 0.25) is 0 Å². The summed E-state index contributed by atoms with van der Waals surface area (Å²) in [6, 6.07) is 6.79. The first-order valence-corrected chi connectivity index (χ1v) is 7.84. The molecule has 3 heterocycles. The zero-order valence-electron chi connectivity index (χ0n) is 12.2. The predicted octanol–water partition coefficient (Wildman–Crippen LogP) is 2.19. The molecule has 0 atom stereocenters. The van der Waals surface area contributed by atoms with E-state index in [1.165, 1.54) is 24.1 Å². The molecule has 0 spiro atoms. The van der Waals surface area contributed by atoms with E-state index in [0.717, 1.165) is 38.2 Å². The average molecular weight is 283 g/mol. The molecule has 2 aromatic heterocycles. The maximum Gasteiger partial charge on any atom is 0.145 e. The molecule has 1 aliphatic heterocycles. The molecule has 0 bridgehead atoms. The van der Waals surface area contributed by atoms with Crippen molar-refractivity contribution in [2.75, 3.05) is 23.7 Å². The highest BCUT2D eigenvalue weighted by Crippen LogP contribution is 2.28. The second-order valence-electron chi connectivity index (χ2n) is 6.07. The Labute approximate surface area is 124 Å². The minimum Gasteiger partial charge on any atom is -0.382 e. The molecule has 5 nitrogen and oxygen atoms in total. The number of nitrogen functional groups attached to an aromatic ring is 1. The Morgan fingerprint density at radius 2 is 1.95 bits per heavy atom. The quantitative estimate of drug-likeness (QED) is 0.918. The fraction of sp³-hybridized carbons (Fsp3) is 0.500. The van der Waals surface area contributed by atoms with Crippen molar-refractivity contribution in [3.05, 3.63) is 35.7 Å². The maximum atomic E-state index is 5.70. The van der Waals surface area contributed by atoms with Gasteiger partial charge in [-0.3, -0.25) is 4.68 Å². The molecule has 4 rings (SSSR count). The number of nitrogens with zero attached hydrogens (tertiary/aromatic N) is 4. The van der Waals surface area contributed by atoms with E-state index in [-0.39, 0.29) is 0 Å². The van der Waals surface area contributed by atoms with Crippen LogP contribution < -0.4 is 10.6 Å². The van der Waals surface area contributed by atoms with Gasteiger partial charge in [0.15, 0.2) is 0 Å². The van der Waals surface area contributed by atoms with Crippen molar-refractivity contribution >= 4 is 11.6 Å². The topological polar surface area (TPSA) is 60.0 Å². The number of nitrogens with two attached hydrogens (primary N) is 1. The molecule has 0 unspecified atom stereocenters. The number of aromatic nitrogens is 3. The van der Waals surface area contributed by atoms with Crippen molar-refractivity contribution in [3.8, 4) is 0 Å². The SMILES string of the molecule is Nc1ccn(C2CCN(c3ccc4c(n3)CCC4)CC2)n1. The van der Waals surface area contributed by atoms with Crippen molar-refractivity contribution in [1.29, 1.82) is 0 Å². The molecule has 0 saturated carbocycles. The first kappa shape index (κ1) is 12.7. The standard InChI is InChI=1S/C16H21N5/c17-15-8-11-21(19-15)13-6-9-20(10-7-13)16-5-4-12-2-1-3-14(12)18-16/h4-5,8,11,13H,1-3,6-7,9-10H2,(H2,17,19). The number of fused-ring (bicyclic) bond motifs is 1. The Morgan fingerprint density at radius 3 is 2.71 bits per heavy atom. The van der Waals surface area contributed by atoms with E-state index in [9.17, 15) is 0 Å².